The molecule has 0 heterocycles. The lowest BCUT2D eigenvalue weighted by molar-refractivity contribution is 1.50. The zero-order chi connectivity index (χ0) is 13.7. The second-order valence-corrected chi connectivity index (χ2v) is 4.34. The summed E-state index contributed by atoms with van der Waals surface area (Å²) in [6.07, 6.45) is 0. The molecule has 0 bridgehead atoms. The molecule has 0 fully saturated rings. The highest BCUT2D eigenvalue weighted by molar-refractivity contribution is 5.98. The lowest BCUT2D eigenvalue weighted by Gasteiger charge is -2.09. The first-order valence-electron chi connectivity index (χ1n) is 6.90. The predicted octanol–water partition coefficient (Wildman–Crippen LogP) is 5.84. The molecule has 0 amide bonds. The highest BCUT2D eigenvalue weighted by Crippen LogP contribution is 2.30. The minimum atomic E-state index is 1.28. The van der Waals surface area contributed by atoms with Crippen molar-refractivity contribution in [3.05, 3.63) is 72.3 Å². The van der Waals surface area contributed by atoms with Crippen molar-refractivity contribution in [1.82, 2.24) is 0 Å². The molecule has 0 aliphatic rings. The number of fused-ring (bicyclic) bond motifs is 1. The smallest absolute Gasteiger partial charge is 0.0103 e. The third-order valence-corrected chi connectivity index (χ3v) is 3.23. The van der Waals surface area contributed by atoms with Crippen molar-refractivity contribution in [2.45, 2.75) is 20.8 Å². The van der Waals surface area contributed by atoms with Gasteiger partial charge in [0.15, 0.2) is 0 Å². The summed E-state index contributed by atoms with van der Waals surface area (Å²) in [6.45, 7) is 6.16. The molecule has 0 aliphatic heterocycles. The van der Waals surface area contributed by atoms with Crippen LogP contribution in [0.5, 0.6) is 0 Å². The molecule has 0 N–H and O–H groups in total. The zero-order valence-electron chi connectivity index (χ0n) is 11.9. The first-order valence-corrected chi connectivity index (χ1v) is 6.90. The molecule has 0 heteroatoms. The highest BCUT2D eigenvalue weighted by atomic mass is 14.1. The van der Waals surface area contributed by atoms with Gasteiger partial charge in [-0.15, -0.1) is 0 Å². The van der Waals surface area contributed by atoms with Crippen LogP contribution in [0, 0.1) is 6.92 Å². The van der Waals surface area contributed by atoms with E-state index in [-0.39, 0.29) is 0 Å². The average molecular weight is 248 g/mol. The van der Waals surface area contributed by atoms with Crippen molar-refractivity contribution in [2.75, 3.05) is 0 Å². The lowest BCUT2D eigenvalue weighted by atomic mass is 9.96. The number of rotatable bonds is 1. The molecule has 0 saturated carbocycles. The molecule has 0 saturated heterocycles. The van der Waals surface area contributed by atoms with Gasteiger partial charge in [-0.05, 0) is 34.4 Å². The van der Waals surface area contributed by atoms with Crippen molar-refractivity contribution in [1.29, 1.82) is 0 Å². The molecule has 0 atom stereocenters. The Morgan fingerprint density at radius 2 is 1.16 bits per heavy atom. The van der Waals surface area contributed by atoms with Crippen LogP contribution in [0.3, 0.4) is 0 Å². The molecule has 3 aromatic carbocycles. The largest absolute Gasteiger partial charge is 0.0683 e. The minimum absolute atomic E-state index is 1.28. The second kappa shape index (κ2) is 6.19. The van der Waals surface area contributed by atoms with Crippen molar-refractivity contribution < 1.29 is 0 Å². The Hall–Kier alpha value is -2.08. The number of benzene rings is 3. The lowest BCUT2D eigenvalue weighted by Crippen LogP contribution is -1.83. The van der Waals surface area contributed by atoms with Crippen LogP contribution in [0.4, 0.5) is 0 Å². The van der Waals surface area contributed by atoms with Crippen LogP contribution in [0.15, 0.2) is 66.7 Å². The van der Waals surface area contributed by atoms with Crippen molar-refractivity contribution >= 4 is 10.8 Å². The normalized spacial score (nSPS) is 9.84. The van der Waals surface area contributed by atoms with Gasteiger partial charge in [0.2, 0.25) is 0 Å². The molecule has 19 heavy (non-hydrogen) atoms. The van der Waals surface area contributed by atoms with E-state index in [4.69, 9.17) is 0 Å². The van der Waals surface area contributed by atoms with Crippen LogP contribution in [0.2, 0.25) is 0 Å². The van der Waals surface area contributed by atoms with Gasteiger partial charge in [-0.25, -0.2) is 0 Å². The van der Waals surface area contributed by atoms with Crippen LogP contribution < -0.4 is 0 Å². The number of hydrogen-bond acceptors (Lipinski definition) is 0. The fourth-order valence-corrected chi connectivity index (χ4v) is 2.32. The molecule has 0 aromatic heterocycles. The summed E-state index contributed by atoms with van der Waals surface area (Å²) >= 11 is 0. The zero-order valence-corrected chi connectivity index (χ0v) is 11.9. The van der Waals surface area contributed by atoms with Gasteiger partial charge in [0.25, 0.3) is 0 Å². The maximum Gasteiger partial charge on any atom is -0.0103 e. The summed E-state index contributed by atoms with van der Waals surface area (Å²) in [5, 5.41) is 2.67. The Morgan fingerprint density at radius 3 is 1.84 bits per heavy atom. The molecular formula is C19H20. The van der Waals surface area contributed by atoms with E-state index in [2.05, 4.69) is 73.7 Å². The monoisotopic (exact) mass is 248 g/mol. The van der Waals surface area contributed by atoms with Gasteiger partial charge >= 0.3 is 0 Å². The highest BCUT2D eigenvalue weighted by Gasteiger charge is 2.04. The first-order chi connectivity index (χ1) is 9.36. The second-order valence-electron chi connectivity index (χ2n) is 4.34. The molecule has 0 nitrogen and oxygen atoms in total. The fraction of sp³-hybridized carbons (Fsp3) is 0.158. The molecule has 0 aliphatic carbocycles. The fourth-order valence-electron chi connectivity index (χ4n) is 2.32. The van der Waals surface area contributed by atoms with Crippen LogP contribution in [-0.4, -0.2) is 0 Å². The summed E-state index contributed by atoms with van der Waals surface area (Å²) in [6, 6.07) is 23.6. The Morgan fingerprint density at radius 1 is 0.579 bits per heavy atom. The van der Waals surface area contributed by atoms with Gasteiger partial charge in [-0.2, -0.15) is 0 Å². The van der Waals surface area contributed by atoms with Gasteiger partial charge in [0, 0.05) is 0 Å². The van der Waals surface area contributed by atoms with E-state index in [0.717, 1.165) is 0 Å². The van der Waals surface area contributed by atoms with E-state index < -0.39 is 0 Å². The van der Waals surface area contributed by atoms with Crippen molar-refractivity contribution in [3.63, 3.8) is 0 Å². The van der Waals surface area contributed by atoms with Crippen LogP contribution in [0.25, 0.3) is 21.9 Å². The van der Waals surface area contributed by atoms with Gasteiger partial charge in [0.05, 0.1) is 0 Å². The Balaban J connectivity index is 0.000000637. The van der Waals surface area contributed by atoms with E-state index in [1.807, 2.05) is 13.8 Å². The van der Waals surface area contributed by atoms with Crippen LogP contribution in [-0.2, 0) is 0 Å². The van der Waals surface area contributed by atoms with Crippen molar-refractivity contribution in [2.24, 2.45) is 0 Å². The molecule has 3 rings (SSSR count). The third kappa shape index (κ3) is 2.68. The molecule has 0 unspecified atom stereocenters. The quantitative estimate of drug-likeness (QED) is 0.507. The summed E-state index contributed by atoms with van der Waals surface area (Å²) in [5.41, 5.74) is 3.93. The average Bonchev–Trinajstić information content (AvgIpc) is 2.51. The van der Waals surface area contributed by atoms with E-state index in [1.165, 1.54) is 27.5 Å². The van der Waals surface area contributed by atoms with E-state index in [1.54, 1.807) is 0 Å². The van der Waals surface area contributed by atoms with E-state index in [0.29, 0.717) is 0 Å². The summed E-state index contributed by atoms with van der Waals surface area (Å²) in [4.78, 5) is 0. The first kappa shape index (κ1) is 13.4. The molecule has 96 valence electrons. The van der Waals surface area contributed by atoms with Gasteiger partial charge < -0.3 is 0 Å². The topological polar surface area (TPSA) is 0 Å². The molecule has 3 aromatic rings. The summed E-state index contributed by atoms with van der Waals surface area (Å²) < 4.78 is 0. The van der Waals surface area contributed by atoms with Gasteiger partial charge in [-0.3, -0.25) is 0 Å². The Bertz CT molecular complexity index is 651. The third-order valence-electron chi connectivity index (χ3n) is 3.23. The van der Waals surface area contributed by atoms with Crippen LogP contribution in [0.1, 0.15) is 19.4 Å². The standard InChI is InChI=1S/C17H14.C2H6/c1-13-11-12-16(14-7-3-2-4-8-14)17-10-6-5-9-15(13)17;1-2/h2-12H,1H3;1-2H3. The number of aryl methyl sites for hydroxylation is 1. The number of hydrogen-bond donors (Lipinski definition) is 0. The summed E-state index contributed by atoms with van der Waals surface area (Å²) in [7, 11) is 0. The van der Waals surface area contributed by atoms with Gasteiger partial charge in [-0.1, -0.05) is 80.6 Å². The van der Waals surface area contributed by atoms with Gasteiger partial charge in [0.1, 0.15) is 0 Å². The van der Waals surface area contributed by atoms with E-state index in [9.17, 15) is 0 Å². The maximum absolute atomic E-state index is 2.22. The SMILES string of the molecule is CC.Cc1ccc(-c2ccccc2)c2ccccc12. The van der Waals surface area contributed by atoms with E-state index >= 15 is 0 Å². The Labute approximate surface area is 115 Å². The summed E-state index contributed by atoms with van der Waals surface area (Å²) in [5.74, 6) is 0. The minimum Gasteiger partial charge on any atom is -0.0683 e. The maximum atomic E-state index is 2.22. The molecule has 0 radical (unpaired) electrons. The molecule has 0 spiro atoms. The predicted molar refractivity (Wildman–Crippen MR) is 85.5 cm³/mol. The van der Waals surface area contributed by atoms with Crippen molar-refractivity contribution in [3.8, 4) is 11.1 Å². The Kier molecular flexibility index (Phi) is 4.35. The van der Waals surface area contributed by atoms with Crippen LogP contribution >= 0.6 is 0 Å². The molecular weight excluding hydrogens is 228 g/mol.